The van der Waals surface area contributed by atoms with Crippen LogP contribution in [0.1, 0.15) is 21.5 Å². The summed E-state index contributed by atoms with van der Waals surface area (Å²) in [5.74, 6) is -0.589. The van der Waals surface area contributed by atoms with Crippen molar-refractivity contribution < 1.29 is 18.7 Å². The van der Waals surface area contributed by atoms with Crippen LogP contribution in [0, 0.1) is 12.7 Å². The average molecular weight is 406 g/mol. The van der Waals surface area contributed by atoms with Crippen molar-refractivity contribution in [2.75, 3.05) is 12.4 Å². The Kier molecular flexibility index (Phi) is 6.80. The maximum absolute atomic E-state index is 13.2. The number of anilines is 1. The molecule has 1 atom stereocenters. The van der Waals surface area contributed by atoms with Crippen molar-refractivity contribution >= 4 is 17.5 Å². The number of benzene rings is 3. The van der Waals surface area contributed by atoms with E-state index in [-0.39, 0.29) is 11.5 Å². The predicted molar refractivity (Wildman–Crippen MR) is 114 cm³/mol. The summed E-state index contributed by atoms with van der Waals surface area (Å²) < 4.78 is 18.5. The summed E-state index contributed by atoms with van der Waals surface area (Å²) in [5.41, 5.74) is 2.69. The molecule has 30 heavy (non-hydrogen) atoms. The Labute approximate surface area is 174 Å². The maximum atomic E-state index is 13.2. The van der Waals surface area contributed by atoms with Crippen LogP contribution in [0.25, 0.3) is 0 Å². The van der Waals surface area contributed by atoms with Crippen LogP contribution in [0.5, 0.6) is 5.75 Å². The molecule has 2 amide bonds. The van der Waals surface area contributed by atoms with Crippen molar-refractivity contribution in [3.63, 3.8) is 0 Å². The minimum Gasteiger partial charge on any atom is -0.496 e. The highest BCUT2D eigenvalue weighted by molar-refractivity contribution is 6.01. The first-order valence-electron chi connectivity index (χ1n) is 9.52. The molecule has 0 aromatic heterocycles. The fourth-order valence-electron chi connectivity index (χ4n) is 3.03. The topological polar surface area (TPSA) is 67.4 Å². The van der Waals surface area contributed by atoms with Gasteiger partial charge < -0.3 is 15.4 Å². The molecule has 6 heteroatoms. The van der Waals surface area contributed by atoms with Crippen LogP contribution in [0.4, 0.5) is 10.1 Å². The zero-order chi connectivity index (χ0) is 21.5. The summed E-state index contributed by atoms with van der Waals surface area (Å²) in [4.78, 5) is 25.6. The molecule has 154 valence electrons. The highest BCUT2D eigenvalue weighted by atomic mass is 19.1. The SMILES string of the molecule is COc1cc(NC(=O)[C@H](Cc2ccccc2)NC(=O)c2ccc(F)cc2)ccc1C. The molecular weight excluding hydrogens is 383 g/mol. The highest BCUT2D eigenvalue weighted by Gasteiger charge is 2.22. The molecule has 2 N–H and O–H groups in total. The third-order valence-corrected chi connectivity index (χ3v) is 4.69. The van der Waals surface area contributed by atoms with E-state index in [1.54, 1.807) is 19.2 Å². The van der Waals surface area contributed by atoms with Crippen LogP contribution in [-0.2, 0) is 11.2 Å². The number of carbonyl (C=O) groups excluding carboxylic acids is 2. The minimum absolute atomic E-state index is 0.277. The fourth-order valence-corrected chi connectivity index (χ4v) is 3.03. The second-order valence-corrected chi connectivity index (χ2v) is 6.90. The first kappa shape index (κ1) is 21.0. The van der Waals surface area contributed by atoms with Gasteiger partial charge in [-0.1, -0.05) is 36.4 Å². The van der Waals surface area contributed by atoms with E-state index in [9.17, 15) is 14.0 Å². The van der Waals surface area contributed by atoms with E-state index in [4.69, 9.17) is 4.74 Å². The van der Waals surface area contributed by atoms with E-state index >= 15 is 0 Å². The second-order valence-electron chi connectivity index (χ2n) is 6.90. The first-order chi connectivity index (χ1) is 14.5. The molecule has 5 nitrogen and oxygen atoms in total. The standard InChI is InChI=1S/C24H23FN2O3/c1-16-8-13-20(15-22(16)30-2)26-24(29)21(14-17-6-4-3-5-7-17)27-23(28)18-9-11-19(25)12-10-18/h3-13,15,21H,14H2,1-2H3,(H,26,29)(H,27,28)/t21-/m0/s1. The van der Waals surface area contributed by atoms with Gasteiger partial charge in [-0.25, -0.2) is 4.39 Å². The van der Waals surface area contributed by atoms with Crippen molar-refractivity contribution in [3.8, 4) is 5.75 Å². The third-order valence-electron chi connectivity index (χ3n) is 4.69. The summed E-state index contributed by atoms with van der Waals surface area (Å²) in [7, 11) is 1.56. The molecule has 0 aliphatic carbocycles. The summed E-state index contributed by atoms with van der Waals surface area (Å²) in [6.07, 6.45) is 0.308. The summed E-state index contributed by atoms with van der Waals surface area (Å²) in [6.45, 7) is 1.91. The molecule has 0 fully saturated rings. The van der Waals surface area contributed by atoms with Crippen LogP contribution in [0.2, 0.25) is 0 Å². The molecule has 0 aliphatic rings. The number of amides is 2. The van der Waals surface area contributed by atoms with Gasteiger partial charge in [0.05, 0.1) is 7.11 Å². The maximum Gasteiger partial charge on any atom is 0.251 e. The second kappa shape index (κ2) is 9.69. The zero-order valence-electron chi connectivity index (χ0n) is 16.8. The van der Waals surface area contributed by atoms with E-state index in [1.165, 1.54) is 24.3 Å². The number of ether oxygens (including phenoxy) is 1. The molecule has 3 aromatic carbocycles. The number of hydrogen-bond donors (Lipinski definition) is 2. The number of carbonyl (C=O) groups is 2. The lowest BCUT2D eigenvalue weighted by Crippen LogP contribution is -2.45. The number of methoxy groups -OCH3 is 1. The fraction of sp³-hybridized carbons (Fsp3) is 0.167. The van der Waals surface area contributed by atoms with Gasteiger partial charge in [0.1, 0.15) is 17.6 Å². The quantitative estimate of drug-likeness (QED) is 0.620. The van der Waals surface area contributed by atoms with Gasteiger partial charge in [-0.3, -0.25) is 9.59 Å². The van der Waals surface area contributed by atoms with Gasteiger partial charge in [0.25, 0.3) is 5.91 Å². The normalized spacial score (nSPS) is 11.4. The molecule has 0 radical (unpaired) electrons. The molecule has 0 saturated carbocycles. The largest absolute Gasteiger partial charge is 0.496 e. The highest BCUT2D eigenvalue weighted by Crippen LogP contribution is 2.22. The van der Waals surface area contributed by atoms with Gasteiger partial charge in [-0.2, -0.15) is 0 Å². The van der Waals surface area contributed by atoms with Crippen molar-refractivity contribution in [2.45, 2.75) is 19.4 Å². The Hall–Kier alpha value is -3.67. The lowest BCUT2D eigenvalue weighted by molar-refractivity contribution is -0.118. The number of halogens is 1. The summed E-state index contributed by atoms with van der Waals surface area (Å²) >= 11 is 0. The number of hydrogen-bond acceptors (Lipinski definition) is 3. The van der Waals surface area contributed by atoms with Gasteiger partial charge in [-0.05, 0) is 48.4 Å². The molecule has 0 aliphatic heterocycles. The van der Waals surface area contributed by atoms with E-state index < -0.39 is 17.8 Å². The lowest BCUT2D eigenvalue weighted by Gasteiger charge is -2.19. The smallest absolute Gasteiger partial charge is 0.251 e. The van der Waals surface area contributed by atoms with Crippen molar-refractivity contribution in [1.29, 1.82) is 0 Å². The summed E-state index contributed by atoms with van der Waals surface area (Å²) in [5, 5.41) is 5.59. The molecule has 0 heterocycles. The van der Waals surface area contributed by atoms with Crippen LogP contribution in [-0.4, -0.2) is 25.0 Å². The van der Waals surface area contributed by atoms with Crippen molar-refractivity contribution in [3.05, 3.63) is 95.3 Å². The van der Waals surface area contributed by atoms with E-state index in [1.807, 2.05) is 43.3 Å². The van der Waals surface area contributed by atoms with E-state index in [0.717, 1.165) is 11.1 Å². The van der Waals surface area contributed by atoms with Gasteiger partial charge in [0.2, 0.25) is 5.91 Å². The van der Waals surface area contributed by atoms with Crippen molar-refractivity contribution in [1.82, 2.24) is 5.32 Å². The Bertz CT molecular complexity index is 1020. The van der Waals surface area contributed by atoms with Gasteiger partial charge in [0, 0.05) is 23.7 Å². The molecule has 3 aromatic rings. The Morgan fingerprint density at radius 2 is 1.70 bits per heavy atom. The summed E-state index contributed by atoms with van der Waals surface area (Å²) in [6, 6.07) is 19.1. The molecule has 0 spiro atoms. The Morgan fingerprint density at radius 1 is 1.00 bits per heavy atom. The molecule has 0 unspecified atom stereocenters. The molecular formula is C24H23FN2O3. The number of rotatable bonds is 7. The van der Waals surface area contributed by atoms with E-state index in [0.29, 0.717) is 17.9 Å². The molecule has 3 rings (SSSR count). The van der Waals surface area contributed by atoms with Crippen LogP contribution in [0.3, 0.4) is 0 Å². The Balaban J connectivity index is 1.80. The van der Waals surface area contributed by atoms with Crippen molar-refractivity contribution in [2.24, 2.45) is 0 Å². The van der Waals surface area contributed by atoms with Crippen LogP contribution >= 0.6 is 0 Å². The van der Waals surface area contributed by atoms with E-state index in [2.05, 4.69) is 10.6 Å². The van der Waals surface area contributed by atoms with Crippen LogP contribution < -0.4 is 15.4 Å². The minimum atomic E-state index is -0.822. The molecule has 0 saturated heterocycles. The average Bonchev–Trinajstić information content (AvgIpc) is 2.75. The predicted octanol–water partition coefficient (Wildman–Crippen LogP) is 4.12. The number of nitrogens with one attached hydrogen (secondary N) is 2. The lowest BCUT2D eigenvalue weighted by atomic mass is 10.0. The van der Waals surface area contributed by atoms with Crippen LogP contribution in [0.15, 0.2) is 72.8 Å². The number of aryl methyl sites for hydroxylation is 1. The molecule has 0 bridgehead atoms. The van der Waals surface area contributed by atoms with Gasteiger partial charge in [-0.15, -0.1) is 0 Å². The monoisotopic (exact) mass is 406 g/mol. The van der Waals surface area contributed by atoms with Gasteiger partial charge in [0.15, 0.2) is 0 Å². The first-order valence-corrected chi connectivity index (χ1v) is 9.52. The Morgan fingerprint density at radius 3 is 2.37 bits per heavy atom. The zero-order valence-corrected chi connectivity index (χ0v) is 16.8. The third kappa shape index (κ3) is 5.44. The van der Waals surface area contributed by atoms with Gasteiger partial charge >= 0.3 is 0 Å².